The Kier molecular flexibility index (Phi) is 6.05. The Morgan fingerprint density at radius 1 is 1.36 bits per heavy atom. The minimum atomic E-state index is -0.0686. The van der Waals surface area contributed by atoms with Crippen molar-refractivity contribution in [2.75, 3.05) is 6.61 Å². The van der Waals surface area contributed by atoms with Crippen molar-refractivity contribution in [1.29, 1.82) is 0 Å². The van der Waals surface area contributed by atoms with E-state index in [-0.39, 0.29) is 11.4 Å². The molecule has 0 bridgehead atoms. The first-order valence-electron chi connectivity index (χ1n) is 9.17. The second-order valence-electron chi connectivity index (χ2n) is 7.59. The van der Waals surface area contributed by atoms with E-state index in [1.165, 1.54) is 19.3 Å². The van der Waals surface area contributed by atoms with E-state index in [9.17, 15) is 9.59 Å². The molecular formula is C19H32O3. The van der Waals surface area contributed by atoms with Crippen LogP contribution < -0.4 is 0 Å². The predicted molar refractivity (Wildman–Crippen MR) is 87.4 cm³/mol. The van der Waals surface area contributed by atoms with Crippen LogP contribution in [0.5, 0.6) is 0 Å². The summed E-state index contributed by atoms with van der Waals surface area (Å²) in [4.78, 5) is 23.6. The number of hydrogen-bond acceptors (Lipinski definition) is 3. The van der Waals surface area contributed by atoms with Gasteiger partial charge in [-0.1, -0.05) is 26.7 Å². The molecule has 2 aliphatic carbocycles. The number of carbonyl (C=O) groups excluding carboxylic acids is 2. The highest BCUT2D eigenvalue weighted by Gasteiger charge is 2.52. The highest BCUT2D eigenvalue weighted by atomic mass is 16.5. The number of esters is 1. The number of carbonyl (C=O) groups is 2. The van der Waals surface area contributed by atoms with E-state index in [4.69, 9.17) is 4.74 Å². The summed E-state index contributed by atoms with van der Waals surface area (Å²) in [7, 11) is 0. The summed E-state index contributed by atoms with van der Waals surface area (Å²) in [6.07, 6.45) is 9.16. The zero-order valence-corrected chi connectivity index (χ0v) is 14.5. The van der Waals surface area contributed by atoms with Crippen molar-refractivity contribution in [3.8, 4) is 0 Å². The summed E-state index contributed by atoms with van der Waals surface area (Å²) in [5, 5.41) is 0. The van der Waals surface area contributed by atoms with E-state index in [1.54, 1.807) is 0 Å². The minimum Gasteiger partial charge on any atom is -0.466 e. The van der Waals surface area contributed by atoms with Crippen LogP contribution in [0, 0.1) is 23.2 Å². The predicted octanol–water partition coefficient (Wildman–Crippen LogP) is 4.53. The topological polar surface area (TPSA) is 43.4 Å². The maximum Gasteiger partial charge on any atom is 0.305 e. The van der Waals surface area contributed by atoms with Gasteiger partial charge in [0.15, 0.2) is 0 Å². The van der Waals surface area contributed by atoms with Gasteiger partial charge in [-0.15, -0.1) is 0 Å². The number of rotatable bonds is 7. The van der Waals surface area contributed by atoms with Crippen molar-refractivity contribution in [3.63, 3.8) is 0 Å². The molecule has 22 heavy (non-hydrogen) atoms. The number of fused-ring (bicyclic) bond motifs is 1. The first-order chi connectivity index (χ1) is 10.5. The molecule has 4 atom stereocenters. The molecule has 0 aromatic carbocycles. The smallest absolute Gasteiger partial charge is 0.305 e. The average Bonchev–Trinajstić information content (AvgIpc) is 2.82. The van der Waals surface area contributed by atoms with Gasteiger partial charge in [-0.25, -0.2) is 0 Å². The Morgan fingerprint density at radius 2 is 2.14 bits per heavy atom. The molecule has 0 unspecified atom stereocenters. The number of unbranched alkanes of at least 4 members (excludes halogenated alkanes) is 1. The number of ether oxygens (including phenoxy) is 1. The highest BCUT2D eigenvalue weighted by Crippen LogP contribution is 2.57. The molecule has 0 aromatic heterocycles. The van der Waals surface area contributed by atoms with E-state index in [1.807, 2.05) is 6.92 Å². The first kappa shape index (κ1) is 17.5. The van der Waals surface area contributed by atoms with Crippen molar-refractivity contribution in [1.82, 2.24) is 0 Å². The fraction of sp³-hybridized carbons (Fsp3) is 0.895. The fourth-order valence-electron chi connectivity index (χ4n) is 5.07. The van der Waals surface area contributed by atoms with E-state index < -0.39 is 0 Å². The van der Waals surface area contributed by atoms with Gasteiger partial charge in [0.25, 0.3) is 0 Å². The number of ketones is 1. The van der Waals surface area contributed by atoms with Crippen LogP contribution >= 0.6 is 0 Å². The lowest BCUT2D eigenvalue weighted by molar-refractivity contribution is -0.143. The van der Waals surface area contributed by atoms with E-state index >= 15 is 0 Å². The van der Waals surface area contributed by atoms with Crippen LogP contribution in [0.1, 0.15) is 78.6 Å². The Bertz CT molecular complexity index is 403. The lowest BCUT2D eigenvalue weighted by Gasteiger charge is -2.42. The van der Waals surface area contributed by atoms with Crippen LogP contribution in [0.4, 0.5) is 0 Å². The van der Waals surface area contributed by atoms with Crippen molar-refractivity contribution in [2.24, 2.45) is 23.2 Å². The fourth-order valence-corrected chi connectivity index (χ4v) is 5.07. The van der Waals surface area contributed by atoms with Gasteiger partial charge in [0.1, 0.15) is 5.78 Å². The monoisotopic (exact) mass is 308 g/mol. The minimum absolute atomic E-state index is 0.0686. The normalized spacial score (nSPS) is 32.6. The summed E-state index contributed by atoms with van der Waals surface area (Å²) in [5.74, 6) is 2.12. The maximum atomic E-state index is 12.2. The van der Waals surface area contributed by atoms with Crippen molar-refractivity contribution < 1.29 is 14.3 Å². The third-order valence-electron chi connectivity index (χ3n) is 6.22. The van der Waals surface area contributed by atoms with Gasteiger partial charge in [0.05, 0.1) is 6.61 Å². The molecule has 3 nitrogen and oxygen atoms in total. The Balaban J connectivity index is 1.79. The van der Waals surface area contributed by atoms with Crippen molar-refractivity contribution in [3.05, 3.63) is 0 Å². The van der Waals surface area contributed by atoms with Crippen LogP contribution in [-0.2, 0) is 14.3 Å². The zero-order chi connectivity index (χ0) is 16.2. The van der Waals surface area contributed by atoms with Crippen LogP contribution in [0.25, 0.3) is 0 Å². The van der Waals surface area contributed by atoms with Crippen molar-refractivity contribution >= 4 is 11.8 Å². The number of Topliss-reactive ketones (excluding diaryl/α,β-unsaturated/α-hetero) is 1. The molecule has 2 fully saturated rings. The second kappa shape index (κ2) is 7.61. The molecule has 2 aliphatic rings. The van der Waals surface area contributed by atoms with Gasteiger partial charge >= 0.3 is 5.97 Å². The maximum absolute atomic E-state index is 12.2. The van der Waals surface area contributed by atoms with Crippen LogP contribution in [-0.4, -0.2) is 18.4 Å². The molecule has 0 aliphatic heterocycles. The van der Waals surface area contributed by atoms with Crippen LogP contribution in [0.3, 0.4) is 0 Å². The third-order valence-corrected chi connectivity index (χ3v) is 6.22. The van der Waals surface area contributed by atoms with Gasteiger partial charge in [0, 0.05) is 18.8 Å². The molecule has 0 spiro atoms. The molecule has 0 aromatic rings. The Hall–Kier alpha value is -0.860. The van der Waals surface area contributed by atoms with E-state index in [0.717, 1.165) is 32.1 Å². The quantitative estimate of drug-likeness (QED) is 0.512. The summed E-state index contributed by atoms with van der Waals surface area (Å²) < 4.78 is 4.97. The summed E-state index contributed by atoms with van der Waals surface area (Å²) >= 11 is 0. The molecule has 0 N–H and O–H groups in total. The molecule has 3 heteroatoms. The van der Waals surface area contributed by atoms with Crippen LogP contribution in [0.2, 0.25) is 0 Å². The largest absolute Gasteiger partial charge is 0.466 e. The SMILES string of the molecule is CCOC(=O)CCCC[C@@H](C)[C@H]1CC[C@@H]2C(=O)CCC[C@@]21C. The van der Waals surface area contributed by atoms with Gasteiger partial charge < -0.3 is 4.74 Å². The van der Waals surface area contributed by atoms with E-state index in [2.05, 4.69) is 13.8 Å². The highest BCUT2D eigenvalue weighted by molar-refractivity contribution is 5.83. The molecule has 0 amide bonds. The number of hydrogen-bond donors (Lipinski definition) is 0. The molecular weight excluding hydrogens is 276 g/mol. The molecule has 126 valence electrons. The summed E-state index contributed by atoms with van der Waals surface area (Å²) in [6.45, 7) is 7.04. The Labute approximate surface area is 135 Å². The lowest BCUT2D eigenvalue weighted by Crippen LogP contribution is -2.39. The molecule has 2 saturated carbocycles. The second-order valence-corrected chi connectivity index (χ2v) is 7.59. The lowest BCUT2D eigenvalue weighted by atomic mass is 9.62. The molecule has 2 rings (SSSR count). The van der Waals surface area contributed by atoms with Gasteiger partial charge in [-0.2, -0.15) is 0 Å². The molecule has 0 saturated heterocycles. The van der Waals surface area contributed by atoms with Gasteiger partial charge in [0.2, 0.25) is 0 Å². The molecule has 0 heterocycles. The average molecular weight is 308 g/mol. The zero-order valence-electron chi connectivity index (χ0n) is 14.5. The van der Waals surface area contributed by atoms with Crippen molar-refractivity contribution in [2.45, 2.75) is 78.6 Å². The van der Waals surface area contributed by atoms with Crippen LogP contribution in [0.15, 0.2) is 0 Å². The summed E-state index contributed by atoms with van der Waals surface area (Å²) in [5.41, 5.74) is 0.246. The third kappa shape index (κ3) is 3.72. The standard InChI is InChI=1S/C19H32O3/c1-4-22-18(21)10-6-5-8-14(2)15-11-12-16-17(20)9-7-13-19(15,16)3/h14-16H,4-13H2,1-3H3/t14-,15-,16-,19-/m1/s1. The Morgan fingerprint density at radius 3 is 2.86 bits per heavy atom. The summed E-state index contributed by atoms with van der Waals surface area (Å²) in [6, 6.07) is 0. The van der Waals surface area contributed by atoms with Gasteiger partial charge in [-0.05, 0) is 56.3 Å². The molecule has 0 radical (unpaired) electrons. The first-order valence-corrected chi connectivity index (χ1v) is 9.17. The van der Waals surface area contributed by atoms with Gasteiger partial charge in [-0.3, -0.25) is 9.59 Å². The van der Waals surface area contributed by atoms with E-state index in [0.29, 0.717) is 36.6 Å².